The van der Waals surface area contributed by atoms with Crippen molar-refractivity contribution in [2.75, 3.05) is 19.1 Å². The molecule has 0 saturated heterocycles. The summed E-state index contributed by atoms with van der Waals surface area (Å²) in [7, 11) is 1.38. The third-order valence-corrected chi connectivity index (χ3v) is 6.37. The Morgan fingerprint density at radius 2 is 1.47 bits per heavy atom. The molecule has 1 aromatic heterocycles. The molecule has 34 heavy (non-hydrogen) atoms. The average Bonchev–Trinajstić information content (AvgIpc) is 3.30. The molecule has 0 saturated carbocycles. The van der Waals surface area contributed by atoms with E-state index in [1.807, 2.05) is 0 Å². The Hall–Kier alpha value is -1.52. The van der Waals surface area contributed by atoms with Crippen molar-refractivity contribution < 1.29 is 18.5 Å². The van der Waals surface area contributed by atoms with E-state index >= 15 is 0 Å². The largest absolute Gasteiger partial charge is 0.341 e. The molecule has 9 nitrogen and oxygen atoms in total. The summed E-state index contributed by atoms with van der Waals surface area (Å²) in [6.45, 7) is 5.18. The molecule has 0 bridgehead atoms. The van der Waals surface area contributed by atoms with Gasteiger partial charge in [0.1, 0.15) is 12.0 Å². The maximum atomic E-state index is 12.2. The first kappa shape index (κ1) is 30.5. The molecule has 0 fully saturated rings. The molecule has 0 aliphatic rings. The van der Waals surface area contributed by atoms with Crippen LogP contribution in [0.1, 0.15) is 117 Å². The number of amides is 2. The molecule has 0 aliphatic heterocycles. The van der Waals surface area contributed by atoms with Gasteiger partial charge in [0.2, 0.25) is 0 Å². The molecule has 10 heteroatoms. The average molecular weight is 502 g/mol. The van der Waals surface area contributed by atoms with Gasteiger partial charge in [0.15, 0.2) is 0 Å². The smallest absolute Gasteiger partial charge is 0.336 e. The SMILES string of the molecule is CCCCCCCCCCC(CCCCCCCC)CNC(=O)NNc1nc(SOOC)no1. The van der Waals surface area contributed by atoms with Crippen molar-refractivity contribution in [2.45, 2.75) is 122 Å². The predicted molar refractivity (Wildman–Crippen MR) is 137 cm³/mol. The molecule has 1 unspecified atom stereocenters. The van der Waals surface area contributed by atoms with Gasteiger partial charge < -0.3 is 9.84 Å². The Morgan fingerprint density at radius 1 is 0.912 bits per heavy atom. The van der Waals surface area contributed by atoms with Crippen LogP contribution in [0.4, 0.5) is 10.8 Å². The lowest BCUT2D eigenvalue weighted by Crippen LogP contribution is -2.41. The van der Waals surface area contributed by atoms with E-state index in [2.05, 4.69) is 49.4 Å². The van der Waals surface area contributed by atoms with E-state index in [0.29, 0.717) is 12.5 Å². The predicted octanol–water partition coefficient (Wildman–Crippen LogP) is 7.18. The van der Waals surface area contributed by atoms with Crippen LogP contribution in [0.2, 0.25) is 0 Å². The molecule has 2 amide bonds. The minimum absolute atomic E-state index is 0.0694. The van der Waals surface area contributed by atoms with Crippen LogP contribution < -0.4 is 16.2 Å². The molecular formula is C24H47N5O4S. The zero-order valence-corrected chi connectivity index (χ0v) is 22.4. The van der Waals surface area contributed by atoms with Crippen LogP contribution in [0, 0.1) is 5.92 Å². The Morgan fingerprint density at radius 3 is 2.03 bits per heavy atom. The first-order valence-corrected chi connectivity index (χ1v) is 13.9. The van der Waals surface area contributed by atoms with Crippen molar-refractivity contribution in [2.24, 2.45) is 5.92 Å². The van der Waals surface area contributed by atoms with Crippen LogP contribution in [0.5, 0.6) is 0 Å². The molecular weight excluding hydrogens is 454 g/mol. The zero-order valence-electron chi connectivity index (χ0n) is 21.5. The fraction of sp³-hybridized carbons (Fsp3) is 0.875. The van der Waals surface area contributed by atoms with Crippen molar-refractivity contribution >= 4 is 24.1 Å². The zero-order chi connectivity index (χ0) is 24.7. The molecule has 1 rings (SSSR count). The number of carbonyl (C=O) groups excluding carboxylic acids is 1. The van der Waals surface area contributed by atoms with Crippen molar-refractivity contribution in [3.63, 3.8) is 0 Å². The van der Waals surface area contributed by atoms with Gasteiger partial charge in [-0.1, -0.05) is 104 Å². The summed E-state index contributed by atoms with van der Waals surface area (Å²) < 4.78 is 9.62. The summed E-state index contributed by atoms with van der Waals surface area (Å²) in [5, 5.41) is 6.88. The third-order valence-electron chi connectivity index (χ3n) is 5.85. The standard InChI is InChI=1S/C24H47N5O4S/c1-4-6-8-10-12-13-15-17-19-21(18-16-14-11-9-7-5-2)20-25-22(30)27-28-23-26-24(29-32-23)34-33-31-3/h21H,4-20H2,1-3H3,(H2,25,27,30)(H,26,28,29). The number of hydrogen-bond acceptors (Lipinski definition) is 8. The number of hydrogen-bond donors (Lipinski definition) is 3. The second-order valence-electron chi connectivity index (χ2n) is 8.85. The molecule has 1 aromatic rings. The summed E-state index contributed by atoms with van der Waals surface area (Å²) in [6, 6.07) is -0.246. The molecule has 1 heterocycles. The fourth-order valence-electron chi connectivity index (χ4n) is 3.88. The molecule has 3 N–H and O–H groups in total. The van der Waals surface area contributed by atoms with Crippen molar-refractivity contribution in [3.05, 3.63) is 0 Å². The summed E-state index contributed by atoms with van der Waals surface area (Å²) in [4.78, 5) is 20.7. The van der Waals surface area contributed by atoms with Crippen LogP contribution in [-0.4, -0.2) is 29.8 Å². The van der Waals surface area contributed by atoms with Gasteiger partial charge in [-0.05, 0) is 23.9 Å². The number of carbonyl (C=O) groups is 1. The first-order valence-electron chi connectivity index (χ1n) is 13.2. The van der Waals surface area contributed by atoms with Crippen molar-refractivity contribution in [1.82, 2.24) is 20.9 Å². The Bertz CT molecular complexity index is 606. The first-order chi connectivity index (χ1) is 16.7. The fourth-order valence-corrected chi connectivity index (χ4v) is 4.20. The van der Waals surface area contributed by atoms with Gasteiger partial charge in [-0.25, -0.2) is 20.5 Å². The number of anilines is 1. The molecule has 0 spiro atoms. The van der Waals surface area contributed by atoms with E-state index in [1.54, 1.807) is 0 Å². The minimum atomic E-state index is -0.315. The van der Waals surface area contributed by atoms with E-state index in [4.69, 9.17) is 4.52 Å². The highest BCUT2D eigenvalue weighted by molar-refractivity contribution is 7.94. The second kappa shape index (κ2) is 22.0. The van der Waals surface area contributed by atoms with Crippen molar-refractivity contribution in [1.29, 1.82) is 0 Å². The van der Waals surface area contributed by atoms with E-state index < -0.39 is 0 Å². The highest BCUT2D eigenvalue weighted by Crippen LogP contribution is 2.19. The molecule has 198 valence electrons. The van der Waals surface area contributed by atoms with E-state index in [-0.39, 0.29) is 17.2 Å². The molecule has 0 radical (unpaired) electrons. The number of urea groups is 1. The number of nitrogens with one attached hydrogen (secondary N) is 3. The second-order valence-corrected chi connectivity index (χ2v) is 9.51. The van der Waals surface area contributed by atoms with Gasteiger partial charge in [-0.2, -0.15) is 9.32 Å². The van der Waals surface area contributed by atoms with Crippen LogP contribution in [0.15, 0.2) is 9.68 Å². The Kier molecular flexibility index (Phi) is 19.7. The van der Waals surface area contributed by atoms with Gasteiger partial charge in [-0.15, -0.1) is 0 Å². The third kappa shape index (κ3) is 17.0. The Labute approximate surface area is 210 Å². The molecule has 0 aromatic carbocycles. The highest BCUT2D eigenvalue weighted by Gasteiger charge is 2.12. The maximum Gasteiger partial charge on any atom is 0.341 e. The highest BCUT2D eigenvalue weighted by atomic mass is 32.2. The van der Waals surface area contributed by atoms with Gasteiger partial charge in [0.25, 0.3) is 5.16 Å². The van der Waals surface area contributed by atoms with Crippen molar-refractivity contribution in [3.8, 4) is 0 Å². The maximum absolute atomic E-state index is 12.2. The number of hydrazine groups is 1. The summed E-state index contributed by atoms with van der Waals surface area (Å²) >= 11 is 0.812. The van der Waals surface area contributed by atoms with Crippen LogP contribution in [0.3, 0.4) is 0 Å². The van der Waals surface area contributed by atoms with E-state index in [1.165, 1.54) is 110 Å². The number of rotatable bonds is 23. The topological polar surface area (TPSA) is 111 Å². The lowest BCUT2D eigenvalue weighted by molar-refractivity contribution is -0.160. The molecule has 0 aliphatic carbocycles. The van der Waals surface area contributed by atoms with Gasteiger partial charge in [0, 0.05) is 6.54 Å². The lowest BCUT2D eigenvalue weighted by atomic mass is 9.94. The lowest BCUT2D eigenvalue weighted by Gasteiger charge is -2.18. The molecule has 1 atom stereocenters. The van der Waals surface area contributed by atoms with Gasteiger partial charge in [-0.3, -0.25) is 0 Å². The quantitative estimate of drug-likeness (QED) is 0.0626. The normalized spacial score (nSPS) is 12.0. The van der Waals surface area contributed by atoms with E-state index in [0.717, 1.165) is 12.0 Å². The minimum Gasteiger partial charge on any atom is -0.336 e. The summed E-state index contributed by atoms with van der Waals surface area (Å²) in [5.74, 6) is 0.509. The number of unbranched alkanes of at least 4 members (excludes halogenated alkanes) is 12. The van der Waals surface area contributed by atoms with Gasteiger partial charge >= 0.3 is 12.0 Å². The number of aromatic nitrogens is 2. The summed E-state index contributed by atoms with van der Waals surface area (Å²) in [6.07, 6.45) is 20.7. The summed E-state index contributed by atoms with van der Waals surface area (Å²) in [5.41, 5.74) is 5.14. The monoisotopic (exact) mass is 501 g/mol. The Balaban J connectivity index is 2.28. The van der Waals surface area contributed by atoms with Crippen LogP contribution >= 0.6 is 12.0 Å². The van der Waals surface area contributed by atoms with Crippen LogP contribution in [0.25, 0.3) is 0 Å². The van der Waals surface area contributed by atoms with Gasteiger partial charge in [0.05, 0.1) is 7.11 Å². The van der Waals surface area contributed by atoms with E-state index in [9.17, 15) is 4.79 Å². The number of nitrogens with zero attached hydrogens (tertiary/aromatic N) is 2. The van der Waals surface area contributed by atoms with Crippen LogP contribution in [-0.2, 0) is 9.22 Å².